The van der Waals surface area contributed by atoms with Crippen LogP contribution in [0, 0.1) is 5.41 Å². The molecule has 0 radical (unpaired) electrons. The normalized spacial score (nSPS) is 23.1. The highest BCUT2D eigenvalue weighted by Crippen LogP contribution is 2.49. The molecule has 2 nitrogen and oxygen atoms in total. The van der Waals surface area contributed by atoms with E-state index in [1.165, 1.54) is 32.4 Å². The number of anilines is 1. The molecule has 2 heterocycles. The van der Waals surface area contributed by atoms with Crippen molar-refractivity contribution in [2.75, 3.05) is 18.0 Å². The highest BCUT2D eigenvalue weighted by Gasteiger charge is 2.47. The van der Waals surface area contributed by atoms with E-state index in [2.05, 4.69) is 37.9 Å². The molecule has 3 heteroatoms. The van der Waals surface area contributed by atoms with Gasteiger partial charge in [0.2, 0.25) is 0 Å². The first-order chi connectivity index (χ1) is 6.77. The van der Waals surface area contributed by atoms with Crippen molar-refractivity contribution >= 4 is 21.7 Å². The monoisotopic (exact) mass is 252 g/mol. The smallest absolute Gasteiger partial charge is 0.129 e. The summed E-state index contributed by atoms with van der Waals surface area (Å²) in [6.07, 6.45) is 4.29. The zero-order chi connectivity index (χ0) is 9.60. The van der Waals surface area contributed by atoms with Crippen LogP contribution in [-0.2, 0) is 0 Å². The Labute approximate surface area is 92.5 Å². The molecular formula is C11H13BrN2. The first-order valence-corrected chi connectivity index (χ1v) is 5.94. The fourth-order valence-corrected chi connectivity index (χ4v) is 2.83. The Hall–Kier alpha value is -0.570. The van der Waals surface area contributed by atoms with Crippen molar-refractivity contribution < 1.29 is 0 Å². The molecule has 0 aromatic carbocycles. The van der Waals surface area contributed by atoms with Gasteiger partial charge in [-0.15, -0.1) is 0 Å². The fraction of sp³-hybridized carbons (Fsp3) is 0.545. The van der Waals surface area contributed by atoms with Gasteiger partial charge in [-0.25, -0.2) is 4.98 Å². The van der Waals surface area contributed by atoms with Gasteiger partial charge in [-0.3, -0.25) is 0 Å². The molecule has 2 fully saturated rings. The molecule has 1 spiro atoms. The van der Waals surface area contributed by atoms with E-state index in [9.17, 15) is 0 Å². The molecule has 1 aliphatic heterocycles. The van der Waals surface area contributed by atoms with Crippen molar-refractivity contribution in [1.82, 2.24) is 4.98 Å². The number of hydrogen-bond acceptors (Lipinski definition) is 2. The van der Waals surface area contributed by atoms with Crippen LogP contribution in [0.25, 0.3) is 0 Å². The van der Waals surface area contributed by atoms with Crippen LogP contribution in [0.1, 0.15) is 19.3 Å². The van der Waals surface area contributed by atoms with E-state index in [-0.39, 0.29) is 0 Å². The Morgan fingerprint density at radius 3 is 2.64 bits per heavy atom. The predicted molar refractivity (Wildman–Crippen MR) is 60.4 cm³/mol. The largest absolute Gasteiger partial charge is 0.355 e. The van der Waals surface area contributed by atoms with E-state index in [4.69, 9.17) is 0 Å². The zero-order valence-corrected chi connectivity index (χ0v) is 9.63. The predicted octanol–water partition coefficient (Wildman–Crippen LogP) is 2.83. The second-order valence-electron chi connectivity index (χ2n) is 4.53. The minimum atomic E-state index is 0.685. The highest BCUT2D eigenvalue weighted by atomic mass is 79.9. The van der Waals surface area contributed by atoms with Gasteiger partial charge >= 0.3 is 0 Å². The Bertz CT molecular complexity index is 352. The van der Waals surface area contributed by atoms with E-state index >= 15 is 0 Å². The lowest BCUT2D eigenvalue weighted by atomic mass is 9.63. The molecule has 1 aromatic rings. The summed E-state index contributed by atoms with van der Waals surface area (Å²) in [6, 6.07) is 6.12. The lowest BCUT2D eigenvalue weighted by Crippen LogP contribution is -2.60. The van der Waals surface area contributed by atoms with Crippen LogP contribution in [0.2, 0.25) is 0 Å². The second-order valence-corrected chi connectivity index (χ2v) is 5.34. The lowest BCUT2D eigenvalue weighted by Gasteiger charge is -2.56. The summed E-state index contributed by atoms with van der Waals surface area (Å²) in [5.74, 6) is 1.12. The van der Waals surface area contributed by atoms with Crippen LogP contribution in [-0.4, -0.2) is 18.1 Å². The molecule has 3 rings (SSSR count). The zero-order valence-electron chi connectivity index (χ0n) is 8.04. The number of hydrogen-bond donors (Lipinski definition) is 0. The molecule has 74 valence electrons. The maximum Gasteiger partial charge on any atom is 0.129 e. The van der Waals surface area contributed by atoms with Gasteiger partial charge in [0, 0.05) is 18.5 Å². The van der Waals surface area contributed by atoms with Crippen LogP contribution in [0.15, 0.2) is 22.8 Å². The molecule has 0 amide bonds. The third-order valence-corrected chi connectivity index (χ3v) is 3.93. The van der Waals surface area contributed by atoms with Gasteiger partial charge in [-0.05, 0) is 40.9 Å². The van der Waals surface area contributed by atoms with Crippen molar-refractivity contribution in [3.63, 3.8) is 0 Å². The molecular weight excluding hydrogens is 240 g/mol. The van der Waals surface area contributed by atoms with Crippen LogP contribution in [0.3, 0.4) is 0 Å². The van der Waals surface area contributed by atoms with Gasteiger partial charge in [0.1, 0.15) is 10.4 Å². The van der Waals surface area contributed by atoms with Crippen molar-refractivity contribution in [3.8, 4) is 0 Å². The summed E-state index contributed by atoms with van der Waals surface area (Å²) in [4.78, 5) is 6.84. The molecule has 0 unspecified atom stereocenters. The summed E-state index contributed by atoms with van der Waals surface area (Å²) in [5, 5.41) is 0. The molecule has 0 bridgehead atoms. The summed E-state index contributed by atoms with van der Waals surface area (Å²) in [5.41, 5.74) is 0.685. The molecule has 14 heavy (non-hydrogen) atoms. The quantitative estimate of drug-likeness (QED) is 0.715. The number of aromatic nitrogens is 1. The van der Waals surface area contributed by atoms with Crippen molar-refractivity contribution in [3.05, 3.63) is 22.8 Å². The SMILES string of the molecule is Brc1cccc(N2CC3(CCC3)C2)n1. The van der Waals surface area contributed by atoms with Gasteiger partial charge < -0.3 is 4.90 Å². The average Bonchev–Trinajstić information content (AvgIpc) is 1.98. The number of halogens is 1. The van der Waals surface area contributed by atoms with Crippen molar-refractivity contribution in [2.45, 2.75) is 19.3 Å². The summed E-state index contributed by atoms with van der Waals surface area (Å²) in [7, 11) is 0. The maximum atomic E-state index is 4.46. The second kappa shape index (κ2) is 2.96. The van der Waals surface area contributed by atoms with E-state index < -0.39 is 0 Å². The Kier molecular flexibility index (Phi) is 1.84. The Balaban J connectivity index is 1.73. The van der Waals surface area contributed by atoms with Gasteiger partial charge in [0.15, 0.2) is 0 Å². The highest BCUT2D eigenvalue weighted by molar-refractivity contribution is 9.10. The summed E-state index contributed by atoms with van der Waals surface area (Å²) < 4.78 is 0.935. The van der Waals surface area contributed by atoms with Crippen LogP contribution in [0.4, 0.5) is 5.82 Å². The van der Waals surface area contributed by atoms with Crippen LogP contribution in [0.5, 0.6) is 0 Å². The molecule has 1 saturated carbocycles. The number of rotatable bonds is 1. The van der Waals surface area contributed by atoms with Gasteiger partial charge in [0.05, 0.1) is 0 Å². The topological polar surface area (TPSA) is 16.1 Å². The molecule has 0 atom stereocenters. The standard InChI is InChI=1S/C11H13BrN2/c12-9-3-1-4-10(13-9)14-7-11(8-14)5-2-6-11/h1,3-4H,2,5-8H2. The third-order valence-electron chi connectivity index (χ3n) is 3.49. The van der Waals surface area contributed by atoms with E-state index in [1.54, 1.807) is 0 Å². The van der Waals surface area contributed by atoms with E-state index in [0.717, 1.165) is 10.4 Å². The van der Waals surface area contributed by atoms with Crippen LogP contribution >= 0.6 is 15.9 Å². The third kappa shape index (κ3) is 1.26. The van der Waals surface area contributed by atoms with Gasteiger partial charge in [0.25, 0.3) is 0 Å². The van der Waals surface area contributed by atoms with Crippen molar-refractivity contribution in [1.29, 1.82) is 0 Å². The molecule has 0 N–H and O–H groups in total. The van der Waals surface area contributed by atoms with Gasteiger partial charge in [-0.2, -0.15) is 0 Å². The first-order valence-electron chi connectivity index (χ1n) is 5.15. The number of pyridine rings is 1. The minimum Gasteiger partial charge on any atom is -0.355 e. The van der Waals surface area contributed by atoms with E-state index in [1.807, 2.05) is 6.07 Å². The molecule has 2 aliphatic rings. The molecule has 1 aliphatic carbocycles. The fourth-order valence-electron chi connectivity index (χ4n) is 2.49. The molecule has 1 aromatic heterocycles. The summed E-state index contributed by atoms with van der Waals surface area (Å²) >= 11 is 3.41. The summed E-state index contributed by atoms with van der Waals surface area (Å²) in [6.45, 7) is 2.44. The lowest BCUT2D eigenvalue weighted by molar-refractivity contribution is 0.0896. The maximum absolute atomic E-state index is 4.46. The first kappa shape index (κ1) is 8.72. The molecule has 1 saturated heterocycles. The minimum absolute atomic E-state index is 0.685. The number of nitrogens with zero attached hydrogens (tertiary/aromatic N) is 2. The van der Waals surface area contributed by atoms with Crippen molar-refractivity contribution in [2.24, 2.45) is 5.41 Å². The van der Waals surface area contributed by atoms with Crippen LogP contribution < -0.4 is 4.90 Å². The Morgan fingerprint density at radius 2 is 2.07 bits per heavy atom. The van der Waals surface area contributed by atoms with Gasteiger partial charge in [-0.1, -0.05) is 12.5 Å². The van der Waals surface area contributed by atoms with E-state index in [0.29, 0.717) is 5.41 Å². The average molecular weight is 253 g/mol. The Morgan fingerprint density at radius 1 is 1.29 bits per heavy atom.